The number of hydrogen-bond acceptors (Lipinski definition) is 2. The molecule has 1 aliphatic carbocycles. The molecule has 3 aromatic heterocycles. The van der Waals surface area contributed by atoms with Gasteiger partial charge >= 0.3 is 0 Å². The first-order valence-electron chi connectivity index (χ1n) is 23.9. The zero-order valence-electron chi connectivity index (χ0n) is 38.2. The lowest BCUT2D eigenvalue weighted by Gasteiger charge is -2.16. The van der Waals surface area contributed by atoms with E-state index in [2.05, 4.69) is 241 Å². The standard InChI is InChI=1S/C65H46N4/c1-43-16-13-29-61-64(43)57-37-35-51(41-63(57)68(61)53-24-9-4-10-25-53)49-22-15-26-54(39-49)69-60-28-12-11-27-55(60)56-36-34-50(40-62(56)69)48-21-14-23-52(38-48)59-42-58(66-65(67-59)47-19-7-3-8-20-47)46-32-30-45(31-33-46)44-17-5-2-6-18-44/h2-15,17-43H,16H2,1H3. The Morgan fingerprint density at radius 3 is 1.62 bits per heavy atom. The number of fused-ring (bicyclic) bond motifs is 6. The fourth-order valence-electron chi connectivity index (χ4n) is 10.6. The SMILES string of the molecule is CC1CC=Cc2c1c1ccc(-c3cccc(-n4c5ccccc5c5ccc(-c6cccc(-c7cc(-c8ccc(-c9ccccc9)cc8)nc(-c8ccccc8)n7)c6)cc54)c3)cc1n2-c1ccccc1. The Morgan fingerprint density at radius 1 is 0.362 bits per heavy atom. The molecule has 69 heavy (non-hydrogen) atoms. The largest absolute Gasteiger partial charge is 0.310 e. The monoisotopic (exact) mass is 882 g/mol. The van der Waals surface area contributed by atoms with E-state index in [9.17, 15) is 0 Å². The molecule has 1 atom stereocenters. The Balaban J connectivity index is 0.905. The Bertz CT molecular complexity index is 3920. The van der Waals surface area contributed by atoms with Gasteiger partial charge in [0.1, 0.15) is 0 Å². The van der Waals surface area contributed by atoms with Crippen molar-refractivity contribution < 1.29 is 0 Å². The molecular formula is C65H46N4. The second-order valence-corrected chi connectivity index (χ2v) is 18.2. The van der Waals surface area contributed by atoms with Crippen molar-refractivity contribution in [3.8, 4) is 78.7 Å². The van der Waals surface area contributed by atoms with Crippen LogP contribution in [-0.2, 0) is 0 Å². The molecule has 0 saturated carbocycles. The van der Waals surface area contributed by atoms with E-state index < -0.39 is 0 Å². The quantitative estimate of drug-likeness (QED) is 0.152. The van der Waals surface area contributed by atoms with Crippen LogP contribution in [0, 0.1) is 0 Å². The Kier molecular flexibility index (Phi) is 9.83. The minimum atomic E-state index is 0.455. The second kappa shape index (κ2) is 16.8. The number of nitrogens with zero attached hydrogens (tertiary/aromatic N) is 4. The number of hydrogen-bond donors (Lipinski definition) is 0. The molecule has 4 heteroatoms. The van der Waals surface area contributed by atoms with Gasteiger partial charge in [-0.1, -0.05) is 189 Å². The maximum Gasteiger partial charge on any atom is 0.160 e. The van der Waals surface area contributed by atoms with Crippen LogP contribution in [0.2, 0.25) is 0 Å². The molecular weight excluding hydrogens is 837 g/mol. The Hall–Kier alpha value is -8.86. The van der Waals surface area contributed by atoms with E-state index in [0.717, 1.165) is 56.8 Å². The van der Waals surface area contributed by atoms with Crippen molar-refractivity contribution in [2.75, 3.05) is 0 Å². The molecule has 9 aromatic carbocycles. The van der Waals surface area contributed by atoms with Crippen LogP contribution in [0.15, 0.2) is 237 Å². The van der Waals surface area contributed by atoms with E-state index in [-0.39, 0.29) is 0 Å². The van der Waals surface area contributed by atoms with Crippen molar-refractivity contribution in [2.24, 2.45) is 0 Å². The average molecular weight is 883 g/mol. The van der Waals surface area contributed by atoms with Gasteiger partial charge in [0.2, 0.25) is 0 Å². The smallest absolute Gasteiger partial charge is 0.160 e. The first-order valence-corrected chi connectivity index (χ1v) is 23.9. The van der Waals surface area contributed by atoms with Crippen LogP contribution in [0.3, 0.4) is 0 Å². The summed E-state index contributed by atoms with van der Waals surface area (Å²) >= 11 is 0. The first kappa shape index (κ1) is 40.4. The lowest BCUT2D eigenvalue weighted by molar-refractivity contribution is 0.773. The molecule has 12 aromatic rings. The maximum atomic E-state index is 5.20. The molecule has 0 spiro atoms. The third-order valence-corrected chi connectivity index (χ3v) is 14.0. The Morgan fingerprint density at radius 2 is 0.870 bits per heavy atom. The molecule has 1 unspecified atom stereocenters. The summed E-state index contributed by atoms with van der Waals surface area (Å²) in [5.41, 5.74) is 20.4. The van der Waals surface area contributed by atoms with Crippen LogP contribution in [-0.4, -0.2) is 19.1 Å². The van der Waals surface area contributed by atoms with Crippen LogP contribution in [0.1, 0.15) is 30.5 Å². The van der Waals surface area contributed by atoms with E-state index in [4.69, 9.17) is 9.97 Å². The number of benzene rings is 9. The summed E-state index contributed by atoms with van der Waals surface area (Å²) in [5, 5.41) is 3.78. The van der Waals surface area contributed by atoms with Crippen LogP contribution < -0.4 is 0 Å². The minimum Gasteiger partial charge on any atom is -0.310 e. The molecule has 0 fully saturated rings. The van der Waals surface area contributed by atoms with Gasteiger partial charge in [0, 0.05) is 49.9 Å². The van der Waals surface area contributed by atoms with Crippen LogP contribution in [0.25, 0.3) is 117 Å². The number of allylic oxidation sites excluding steroid dienone is 1. The molecule has 13 rings (SSSR count). The van der Waals surface area contributed by atoms with Crippen molar-refractivity contribution in [1.82, 2.24) is 19.1 Å². The van der Waals surface area contributed by atoms with Gasteiger partial charge in [-0.15, -0.1) is 0 Å². The molecule has 4 nitrogen and oxygen atoms in total. The minimum absolute atomic E-state index is 0.455. The van der Waals surface area contributed by atoms with Gasteiger partial charge in [-0.2, -0.15) is 0 Å². The van der Waals surface area contributed by atoms with E-state index in [1.165, 1.54) is 66.4 Å². The van der Waals surface area contributed by atoms with Gasteiger partial charge in [-0.3, -0.25) is 0 Å². The number of para-hydroxylation sites is 2. The molecule has 0 N–H and O–H groups in total. The lowest BCUT2D eigenvalue weighted by Crippen LogP contribution is -2.02. The van der Waals surface area contributed by atoms with Crippen LogP contribution >= 0.6 is 0 Å². The average Bonchev–Trinajstić information content (AvgIpc) is 3.94. The predicted octanol–water partition coefficient (Wildman–Crippen LogP) is 17.0. The summed E-state index contributed by atoms with van der Waals surface area (Å²) in [5.74, 6) is 1.15. The van der Waals surface area contributed by atoms with Crippen molar-refractivity contribution in [1.29, 1.82) is 0 Å². The highest BCUT2D eigenvalue weighted by atomic mass is 15.0. The zero-order valence-corrected chi connectivity index (χ0v) is 38.2. The van der Waals surface area contributed by atoms with E-state index in [1.54, 1.807) is 0 Å². The third kappa shape index (κ3) is 7.17. The maximum absolute atomic E-state index is 5.20. The van der Waals surface area contributed by atoms with Crippen molar-refractivity contribution in [2.45, 2.75) is 19.3 Å². The van der Waals surface area contributed by atoms with Gasteiger partial charge in [0.05, 0.1) is 27.9 Å². The number of rotatable bonds is 8. The molecule has 326 valence electrons. The summed E-state index contributed by atoms with van der Waals surface area (Å²) in [6.45, 7) is 2.35. The highest BCUT2D eigenvalue weighted by Gasteiger charge is 2.24. The van der Waals surface area contributed by atoms with Gasteiger partial charge in [0.15, 0.2) is 5.82 Å². The normalized spacial score (nSPS) is 13.3. The second-order valence-electron chi connectivity index (χ2n) is 18.2. The summed E-state index contributed by atoms with van der Waals surface area (Å²) in [6, 6.07) is 82.9. The molecule has 0 bridgehead atoms. The van der Waals surface area contributed by atoms with E-state index >= 15 is 0 Å². The third-order valence-electron chi connectivity index (χ3n) is 14.0. The lowest BCUT2D eigenvalue weighted by atomic mass is 9.90. The van der Waals surface area contributed by atoms with Crippen LogP contribution in [0.4, 0.5) is 0 Å². The van der Waals surface area contributed by atoms with Crippen molar-refractivity contribution in [3.05, 3.63) is 248 Å². The summed E-state index contributed by atoms with van der Waals surface area (Å²) in [7, 11) is 0. The van der Waals surface area contributed by atoms with Gasteiger partial charge in [-0.05, 0) is 112 Å². The fourth-order valence-corrected chi connectivity index (χ4v) is 10.6. The van der Waals surface area contributed by atoms with Gasteiger partial charge < -0.3 is 9.13 Å². The summed E-state index contributed by atoms with van der Waals surface area (Å²) in [4.78, 5) is 10.3. The highest BCUT2D eigenvalue weighted by Crippen LogP contribution is 2.42. The highest BCUT2D eigenvalue weighted by molar-refractivity contribution is 6.10. The van der Waals surface area contributed by atoms with E-state index in [1.807, 2.05) is 18.2 Å². The molecule has 1 aliphatic rings. The Labute approximate surface area is 401 Å². The molecule has 0 amide bonds. The first-order chi connectivity index (χ1) is 34.1. The zero-order chi connectivity index (χ0) is 45.8. The van der Waals surface area contributed by atoms with Gasteiger partial charge in [0.25, 0.3) is 0 Å². The molecule has 0 radical (unpaired) electrons. The fraction of sp³-hybridized carbons (Fsp3) is 0.0462. The molecule has 0 aliphatic heterocycles. The topological polar surface area (TPSA) is 35.6 Å². The summed E-state index contributed by atoms with van der Waals surface area (Å²) in [6.07, 6.45) is 5.70. The van der Waals surface area contributed by atoms with Crippen LogP contribution in [0.5, 0.6) is 0 Å². The summed E-state index contributed by atoms with van der Waals surface area (Å²) < 4.78 is 4.88. The number of aromatic nitrogens is 4. The van der Waals surface area contributed by atoms with E-state index in [0.29, 0.717) is 11.7 Å². The van der Waals surface area contributed by atoms with Gasteiger partial charge in [-0.25, -0.2) is 9.97 Å². The predicted molar refractivity (Wildman–Crippen MR) is 288 cm³/mol. The van der Waals surface area contributed by atoms with Crippen molar-refractivity contribution in [3.63, 3.8) is 0 Å². The molecule has 0 saturated heterocycles. The molecule has 3 heterocycles. The van der Waals surface area contributed by atoms with Crippen molar-refractivity contribution >= 4 is 38.8 Å².